The van der Waals surface area contributed by atoms with E-state index in [9.17, 15) is 4.79 Å². The molecular weight excluding hydrogens is 262 g/mol. The number of hydrogen-bond acceptors (Lipinski definition) is 3. The van der Waals surface area contributed by atoms with Crippen molar-refractivity contribution >= 4 is 10.9 Å². The molecule has 4 nitrogen and oxygen atoms in total. The van der Waals surface area contributed by atoms with E-state index in [-0.39, 0.29) is 5.43 Å². The maximum atomic E-state index is 12.7. The molecule has 2 aromatic rings. The molecule has 0 aliphatic carbocycles. The Morgan fingerprint density at radius 1 is 1.10 bits per heavy atom. The minimum absolute atomic E-state index is 0.180. The van der Waals surface area contributed by atoms with E-state index in [0.717, 1.165) is 61.4 Å². The summed E-state index contributed by atoms with van der Waals surface area (Å²) in [5, 5.41) is 0.797. The lowest BCUT2D eigenvalue weighted by molar-refractivity contribution is 0.131. The number of piperazine rings is 1. The standard InChI is InChI=1S/C17H23N3O/c1-3-19-8-10-20(11-9-19)12-15-13(2)18-16-7-5-4-6-14(16)17(15)21/h4-7H,3,8-12H2,1-2H3,(H,18,21). The first kappa shape index (κ1) is 14.3. The molecule has 3 rings (SSSR count). The number of rotatable bonds is 3. The van der Waals surface area contributed by atoms with Crippen LogP contribution in [0.2, 0.25) is 0 Å². The van der Waals surface area contributed by atoms with Gasteiger partial charge >= 0.3 is 0 Å². The topological polar surface area (TPSA) is 39.3 Å². The maximum absolute atomic E-state index is 12.7. The van der Waals surface area contributed by atoms with Gasteiger partial charge in [0.2, 0.25) is 0 Å². The summed E-state index contributed by atoms with van der Waals surface area (Å²) in [6, 6.07) is 7.76. The molecule has 0 saturated carbocycles. The zero-order valence-corrected chi connectivity index (χ0v) is 12.9. The van der Waals surface area contributed by atoms with Crippen LogP contribution in [0.25, 0.3) is 10.9 Å². The van der Waals surface area contributed by atoms with Gasteiger partial charge in [0.15, 0.2) is 5.43 Å². The number of para-hydroxylation sites is 1. The molecule has 0 spiro atoms. The Balaban J connectivity index is 1.86. The number of aryl methyl sites for hydroxylation is 1. The molecule has 1 fully saturated rings. The predicted octanol–water partition coefficient (Wildman–Crippen LogP) is 1.97. The van der Waals surface area contributed by atoms with Crippen LogP contribution in [-0.4, -0.2) is 47.5 Å². The van der Waals surface area contributed by atoms with Crippen LogP contribution in [0.3, 0.4) is 0 Å². The molecule has 1 aromatic heterocycles. The Morgan fingerprint density at radius 2 is 1.76 bits per heavy atom. The van der Waals surface area contributed by atoms with Crippen molar-refractivity contribution in [3.63, 3.8) is 0 Å². The van der Waals surface area contributed by atoms with Gasteiger partial charge in [-0.3, -0.25) is 9.69 Å². The van der Waals surface area contributed by atoms with Crippen LogP contribution in [-0.2, 0) is 6.54 Å². The Labute approximate surface area is 125 Å². The number of hydrogen-bond donors (Lipinski definition) is 1. The van der Waals surface area contributed by atoms with Crippen LogP contribution in [0.1, 0.15) is 18.2 Å². The Hall–Kier alpha value is -1.65. The molecule has 1 aromatic carbocycles. The highest BCUT2D eigenvalue weighted by Gasteiger charge is 2.18. The van der Waals surface area contributed by atoms with Gasteiger partial charge in [0.25, 0.3) is 0 Å². The number of fused-ring (bicyclic) bond motifs is 1. The van der Waals surface area contributed by atoms with E-state index in [0.29, 0.717) is 0 Å². The molecule has 21 heavy (non-hydrogen) atoms. The van der Waals surface area contributed by atoms with Crippen LogP contribution in [0.15, 0.2) is 29.1 Å². The SMILES string of the molecule is CCN1CCN(Cc2c(C)[nH]c3ccccc3c2=O)CC1. The highest BCUT2D eigenvalue weighted by atomic mass is 16.1. The van der Waals surface area contributed by atoms with Gasteiger partial charge in [-0.15, -0.1) is 0 Å². The monoisotopic (exact) mass is 285 g/mol. The number of likely N-dealkylation sites (N-methyl/N-ethyl adjacent to an activating group) is 1. The lowest BCUT2D eigenvalue weighted by Crippen LogP contribution is -2.46. The first-order valence-corrected chi connectivity index (χ1v) is 7.74. The fourth-order valence-electron chi connectivity index (χ4n) is 3.08. The van der Waals surface area contributed by atoms with Crippen LogP contribution in [0, 0.1) is 6.92 Å². The van der Waals surface area contributed by atoms with Crippen LogP contribution in [0.4, 0.5) is 0 Å². The molecule has 4 heteroatoms. The van der Waals surface area contributed by atoms with E-state index < -0.39 is 0 Å². The fourth-order valence-corrected chi connectivity index (χ4v) is 3.08. The quantitative estimate of drug-likeness (QED) is 0.937. The largest absolute Gasteiger partial charge is 0.358 e. The summed E-state index contributed by atoms with van der Waals surface area (Å²) in [6.45, 7) is 10.4. The van der Waals surface area contributed by atoms with Gasteiger partial charge in [0.1, 0.15) is 0 Å². The van der Waals surface area contributed by atoms with Gasteiger partial charge in [-0.25, -0.2) is 0 Å². The van der Waals surface area contributed by atoms with Crippen LogP contribution < -0.4 is 5.43 Å². The van der Waals surface area contributed by atoms with Gasteiger partial charge in [0, 0.05) is 54.9 Å². The molecule has 1 aliphatic heterocycles. The summed E-state index contributed by atoms with van der Waals surface area (Å²) in [5.74, 6) is 0. The van der Waals surface area contributed by atoms with Gasteiger partial charge in [0.05, 0.1) is 0 Å². The van der Waals surface area contributed by atoms with Crippen molar-refractivity contribution in [2.75, 3.05) is 32.7 Å². The van der Waals surface area contributed by atoms with E-state index in [1.807, 2.05) is 31.2 Å². The summed E-state index contributed by atoms with van der Waals surface area (Å²) >= 11 is 0. The molecular formula is C17H23N3O. The molecule has 0 bridgehead atoms. The average Bonchev–Trinajstić information content (AvgIpc) is 2.52. The van der Waals surface area contributed by atoms with E-state index in [4.69, 9.17) is 0 Å². The highest BCUT2D eigenvalue weighted by Crippen LogP contribution is 2.13. The molecule has 1 saturated heterocycles. The minimum Gasteiger partial charge on any atom is -0.358 e. The lowest BCUT2D eigenvalue weighted by Gasteiger charge is -2.34. The number of nitrogens with one attached hydrogen (secondary N) is 1. The lowest BCUT2D eigenvalue weighted by atomic mass is 10.1. The summed E-state index contributed by atoms with van der Waals surface area (Å²) in [7, 11) is 0. The third-order valence-corrected chi connectivity index (χ3v) is 4.51. The van der Waals surface area contributed by atoms with Crippen LogP contribution >= 0.6 is 0 Å². The molecule has 0 atom stereocenters. The van der Waals surface area contributed by atoms with Crippen molar-refractivity contribution in [3.8, 4) is 0 Å². The molecule has 0 unspecified atom stereocenters. The van der Waals surface area contributed by atoms with Crippen molar-refractivity contribution in [2.45, 2.75) is 20.4 Å². The van der Waals surface area contributed by atoms with Crippen molar-refractivity contribution in [1.29, 1.82) is 0 Å². The molecule has 0 radical (unpaired) electrons. The average molecular weight is 285 g/mol. The Bertz CT molecular complexity index is 684. The van der Waals surface area contributed by atoms with E-state index in [1.165, 1.54) is 0 Å². The van der Waals surface area contributed by atoms with E-state index in [2.05, 4.69) is 21.7 Å². The van der Waals surface area contributed by atoms with Crippen molar-refractivity contribution in [1.82, 2.24) is 14.8 Å². The molecule has 2 heterocycles. The molecule has 112 valence electrons. The van der Waals surface area contributed by atoms with Gasteiger partial charge in [-0.2, -0.15) is 0 Å². The summed E-state index contributed by atoms with van der Waals surface area (Å²) in [5.41, 5.74) is 3.02. The van der Waals surface area contributed by atoms with Crippen molar-refractivity contribution < 1.29 is 0 Å². The summed E-state index contributed by atoms with van der Waals surface area (Å²) in [4.78, 5) is 20.9. The zero-order valence-electron chi connectivity index (χ0n) is 12.9. The van der Waals surface area contributed by atoms with E-state index in [1.54, 1.807) is 0 Å². The normalized spacial score (nSPS) is 17.4. The van der Waals surface area contributed by atoms with Crippen molar-refractivity contribution in [2.24, 2.45) is 0 Å². The second-order valence-corrected chi connectivity index (χ2v) is 5.81. The second-order valence-electron chi connectivity index (χ2n) is 5.81. The summed E-state index contributed by atoms with van der Waals surface area (Å²) in [6.07, 6.45) is 0. The number of H-pyrrole nitrogens is 1. The predicted molar refractivity (Wildman–Crippen MR) is 86.7 cm³/mol. The third kappa shape index (κ3) is 2.87. The zero-order chi connectivity index (χ0) is 14.8. The number of pyridine rings is 1. The first-order chi connectivity index (χ1) is 10.2. The van der Waals surface area contributed by atoms with Crippen molar-refractivity contribution in [3.05, 3.63) is 45.7 Å². The highest BCUT2D eigenvalue weighted by molar-refractivity contribution is 5.79. The number of benzene rings is 1. The Morgan fingerprint density at radius 3 is 2.48 bits per heavy atom. The van der Waals surface area contributed by atoms with Gasteiger partial charge < -0.3 is 9.88 Å². The van der Waals surface area contributed by atoms with Gasteiger partial charge in [-0.1, -0.05) is 19.1 Å². The molecule has 1 aliphatic rings. The fraction of sp³-hybridized carbons (Fsp3) is 0.471. The van der Waals surface area contributed by atoms with Gasteiger partial charge in [-0.05, 0) is 25.6 Å². The molecule has 1 N–H and O–H groups in total. The molecule has 0 amide bonds. The minimum atomic E-state index is 0.180. The third-order valence-electron chi connectivity index (χ3n) is 4.51. The van der Waals surface area contributed by atoms with E-state index >= 15 is 0 Å². The number of aromatic amines is 1. The van der Waals surface area contributed by atoms with Crippen LogP contribution in [0.5, 0.6) is 0 Å². The number of aromatic nitrogens is 1. The number of nitrogens with zero attached hydrogens (tertiary/aromatic N) is 2. The Kier molecular flexibility index (Phi) is 4.08. The second kappa shape index (κ2) is 6.00. The summed E-state index contributed by atoms with van der Waals surface area (Å²) < 4.78 is 0. The maximum Gasteiger partial charge on any atom is 0.194 e. The smallest absolute Gasteiger partial charge is 0.194 e. The first-order valence-electron chi connectivity index (χ1n) is 7.74.